The van der Waals surface area contributed by atoms with Crippen LogP contribution in [0.2, 0.25) is 0 Å². The van der Waals surface area contributed by atoms with Gasteiger partial charge in [0.05, 0.1) is 12.8 Å². The SMILES string of the molecule is COc1ccccc1N1CCC(C)(C(=O)c2cccc(C)c2)C1=O. The molecule has 0 bridgehead atoms. The van der Waals surface area contributed by atoms with Crippen LogP contribution in [0.25, 0.3) is 0 Å². The van der Waals surface area contributed by atoms with E-state index in [0.717, 1.165) is 5.56 Å². The minimum atomic E-state index is -1.03. The Labute approximate surface area is 142 Å². The summed E-state index contributed by atoms with van der Waals surface area (Å²) in [5.41, 5.74) is 1.28. The molecule has 0 saturated carbocycles. The molecule has 0 aromatic heterocycles. The second kappa shape index (κ2) is 6.11. The van der Waals surface area contributed by atoms with Crippen molar-refractivity contribution in [2.45, 2.75) is 20.3 Å². The van der Waals surface area contributed by atoms with Crippen molar-refractivity contribution in [3.63, 3.8) is 0 Å². The third-order valence-corrected chi connectivity index (χ3v) is 4.71. The van der Waals surface area contributed by atoms with E-state index in [1.54, 1.807) is 25.0 Å². The fourth-order valence-electron chi connectivity index (χ4n) is 3.24. The summed E-state index contributed by atoms with van der Waals surface area (Å²) in [5.74, 6) is 0.352. The molecule has 3 rings (SSSR count). The molecule has 0 radical (unpaired) electrons. The zero-order chi connectivity index (χ0) is 17.3. The molecule has 24 heavy (non-hydrogen) atoms. The van der Waals surface area contributed by atoms with Gasteiger partial charge < -0.3 is 9.64 Å². The highest BCUT2D eigenvalue weighted by Crippen LogP contribution is 2.40. The first-order valence-electron chi connectivity index (χ1n) is 8.04. The summed E-state index contributed by atoms with van der Waals surface area (Å²) in [6.07, 6.45) is 0.497. The topological polar surface area (TPSA) is 46.6 Å². The van der Waals surface area contributed by atoms with E-state index in [9.17, 15) is 9.59 Å². The maximum Gasteiger partial charge on any atom is 0.240 e. The zero-order valence-electron chi connectivity index (χ0n) is 14.2. The first-order valence-corrected chi connectivity index (χ1v) is 8.04. The number of anilines is 1. The molecule has 124 valence electrons. The Bertz CT molecular complexity index is 799. The average molecular weight is 323 g/mol. The number of hydrogen-bond donors (Lipinski definition) is 0. The molecule has 1 fully saturated rings. The summed E-state index contributed by atoms with van der Waals surface area (Å²) < 4.78 is 5.36. The van der Waals surface area contributed by atoms with Crippen LogP contribution in [-0.4, -0.2) is 25.3 Å². The van der Waals surface area contributed by atoms with Crippen LogP contribution in [0.5, 0.6) is 5.75 Å². The first kappa shape index (κ1) is 16.2. The number of amides is 1. The fraction of sp³-hybridized carbons (Fsp3) is 0.300. The van der Waals surface area contributed by atoms with Gasteiger partial charge in [0.2, 0.25) is 5.91 Å². The second-order valence-electron chi connectivity index (χ2n) is 6.41. The Hall–Kier alpha value is -2.62. The lowest BCUT2D eigenvalue weighted by Gasteiger charge is -2.23. The van der Waals surface area contributed by atoms with E-state index in [-0.39, 0.29) is 11.7 Å². The van der Waals surface area contributed by atoms with Crippen LogP contribution >= 0.6 is 0 Å². The van der Waals surface area contributed by atoms with Crippen LogP contribution in [-0.2, 0) is 4.79 Å². The summed E-state index contributed by atoms with van der Waals surface area (Å²) >= 11 is 0. The van der Waals surface area contributed by atoms with Gasteiger partial charge in [-0.3, -0.25) is 9.59 Å². The number of benzene rings is 2. The van der Waals surface area contributed by atoms with Crippen molar-refractivity contribution < 1.29 is 14.3 Å². The Balaban J connectivity index is 1.94. The van der Waals surface area contributed by atoms with Crippen LogP contribution in [0.4, 0.5) is 5.69 Å². The third-order valence-electron chi connectivity index (χ3n) is 4.71. The highest BCUT2D eigenvalue weighted by atomic mass is 16.5. The van der Waals surface area contributed by atoms with Gasteiger partial charge in [-0.2, -0.15) is 0 Å². The zero-order valence-corrected chi connectivity index (χ0v) is 14.2. The largest absolute Gasteiger partial charge is 0.495 e. The van der Waals surface area contributed by atoms with Crippen LogP contribution in [0, 0.1) is 12.3 Å². The van der Waals surface area contributed by atoms with Crippen molar-refractivity contribution in [3.05, 3.63) is 59.7 Å². The molecule has 1 aliphatic heterocycles. The molecule has 0 aliphatic carbocycles. The van der Waals surface area contributed by atoms with Crippen LogP contribution in [0.1, 0.15) is 29.3 Å². The number of carbonyl (C=O) groups is 2. The summed E-state index contributed by atoms with van der Waals surface area (Å²) in [6, 6.07) is 14.8. The number of Topliss-reactive ketones (excluding diaryl/α,β-unsaturated/α-hetero) is 1. The van der Waals surface area contributed by atoms with Gasteiger partial charge in [-0.25, -0.2) is 0 Å². The lowest BCUT2D eigenvalue weighted by atomic mass is 9.80. The van der Waals surface area contributed by atoms with E-state index in [2.05, 4.69) is 0 Å². The number of carbonyl (C=O) groups excluding carboxylic acids is 2. The number of ketones is 1. The second-order valence-corrected chi connectivity index (χ2v) is 6.41. The molecular weight excluding hydrogens is 302 g/mol. The Kier molecular flexibility index (Phi) is 4.14. The molecular formula is C20H21NO3. The minimum Gasteiger partial charge on any atom is -0.495 e. The maximum absolute atomic E-state index is 13.0. The highest BCUT2D eigenvalue weighted by molar-refractivity contribution is 6.19. The van der Waals surface area contributed by atoms with E-state index in [1.165, 1.54) is 0 Å². The smallest absolute Gasteiger partial charge is 0.240 e. The van der Waals surface area contributed by atoms with Crippen LogP contribution < -0.4 is 9.64 Å². The normalized spacial score (nSPS) is 20.3. The molecule has 2 aromatic carbocycles. The number of nitrogens with zero attached hydrogens (tertiary/aromatic N) is 1. The van der Waals surface area contributed by atoms with Crippen molar-refractivity contribution in [1.82, 2.24) is 0 Å². The van der Waals surface area contributed by atoms with Crippen molar-refractivity contribution >= 4 is 17.4 Å². The Morgan fingerprint density at radius 2 is 1.92 bits per heavy atom. The molecule has 1 aliphatic rings. The van der Waals surface area contributed by atoms with Crippen molar-refractivity contribution in [3.8, 4) is 5.75 Å². The summed E-state index contributed by atoms with van der Waals surface area (Å²) in [5, 5.41) is 0. The summed E-state index contributed by atoms with van der Waals surface area (Å²) in [6.45, 7) is 4.19. The molecule has 1 heterocycles. The van der Waals surface area contributed by atoms with Gasteiger partial charge in [-0.1, -0.05) is 35.9 Å². The Morgan fingerprint density at radius 3 is 2.62 bits per heavy atom. The first-order chi connectivity index (χ1) is 11.5. The fourth-order valence-corrected chi connectivity index (χ4v) is 3.24. The molecule has 0 N–H and O–H groups in total. The van der Waals surface area contributed by atoms with Gasteiger partial charge >= 0.3 is 0 Å². The molecule has 4 nitrogen and oxygen atoms in total. The van der Waals surface area contributed by atoms with E-state index >= 15 is 0 Å². The van der Waals surface area contributed by atoms with Gasteiger partial charge in [-0.05, 0) is 38.5 Å². The van der Waals surface area contributed by atoms with Gasteiger partial charge in [-0.15, -0.1) is 0 Å². The monoisotopic (exact) mass is 323 g/mol. The highest BCUT2D eigenvalue weighted by Gasteiger charge is 2.49. The molecule has 1 unspecified atom stereocenters. The van der Waals surface area contributed by atoms with Crippen LogP contribution in [0.3, 0.4) is 0 Å². The molecule has 1 atom stereocenters. The van der Waals surface area contributed by atoms with Crippen molar-refractivity contribution in [1.29, 1.82) is 0 Å². The van der Waals surface area contributed by atoms with E-state index in [1.807, 2.05) is 49.4 Å². The molecule has 4 heteroatoms. The number of ether oxygens (including phenoxy) is 1. The lowest BCUT2D eigenvalue weighted by Crippen LogP contribution is -2.38. The Morgan fingerprint density at radius 1 is 1.17 bits per heavy atom. The summed E-state index contributed by atoms with van der Waals surface area (Å²) in [7, 11) is 1.58. The third kappa shape index (κ3) is 2.58. The number of aryl methyl sites for hydroxylation is 1. The van der Waals surface area contributed by atoms with Gasteiger partial charge in [0.1, 0.15) is 11.2 Å². The molecule has 1 saturated heterocycles. The molecule has 2 aromatic rings. The lowest BCUT2D eigenvalue weighted by molar-refractivity contribution is -0.122. The predicted molar refractivity (Wildman–Crippen MR) is 93.6 cm³/mol. The van der Waals surface area contributed by atoms with Gasteiger partial charge in [0.25, 0.3) is 0 Å². The van der Waals surface area contributed by atoms with Crippen LogP contribution in [0.15, 0.2) is 48.5 Å². The van der Waals surface area contributed by atoms with E-state index in [0.29, 0.717) is 30.0 Å². The number of methoxy groups -OCH3 is 1. The number of para-hydroxylation sites is 2. The number of hydrogen-bond acceptors (Lipinski definition) is 3. The quantitative estimate of drug-likeness (QED) is 0.637. The van der Waals surface area contributed by atoms with Gasteiger partial charge in [0, 0.05) is 12.1 Å². The summed E-state index contributed by atoms with van der Waals surface area (Å²) in [4.78, 5) is 27.7. The maximum atomic E-state index is 13.0. The van der Waals surface area contributed by atoms with Crippen molar-refractivity contribution in [2.24, 2.45) is 5.41 Å². The van der Waals surface area contributed by atoms with Crippen molar-refractivity contribution in [2.75, 3.05) is 18.6 Å². The molecule has 0 spiro atoms. The van der Waals surface area contributed by atoms with E-state index < -0.39 is 5.41 Å². The average Bonchev–Trinajstić information content (AvgIpc) is 2.90. The molecule has 1 amide bonds. The minimum absolute atomic E-state index is 0.117. The van der Waals surface area contributed by atoms with E-state index in [4.69, 9.17) is 4.74 Å². The standard InChI is InChI=1S/C20H21NO3/c1-14-7-6-8-15(13-14)18(22)20(2)11-12-21(19(20)23)16-9-4-5-10-17(16)24-3/h4-10,13H,11-12H2,1-3H3. The predicted octanol–water partition coefficient (Wildman–Crippen LogP) is 3.63. The van der Waals surface area contributed by atoms with Gasteiger partial charge in [0.15, 0.2) is 5.78 Å². The number of rotatable bonds is 4.